The Kier molecular flexibility index (Phi) is 5.41. The third kappa shape index (κ3) is 3.60. The molecule has 1 N–H and O–H groups in total. The maximum absolute atomic E-state index is 12.7. The SMILES string of the molecule is Cn1cncc1C(O)(c1ccc2c(c1)c(-c1cccc(Cl)c1)cc(=O)n2C)c1ccc(Cl)s1. The lowest BCUT2D eigenvalue weighted by Gasteiger charge is -2.28. The Labute approximate surface area is 204 Å². The summed E-state index contributed by atoms with van der Waals surface area (Å²) in [6.07, 6.45) is 3.30. The van der Waals surface area contributed by atoms with Crippen LogP contribution in [-0.2, 0) is 19.7 Å². The highest BCUT2D eigenvalue weighted by molar-refractivity contribution is 7.16. The molecule has 3 aromatic heterocycles. The van der Waals surface area contributed by atoms with E-state index < -0.39 is 5.60 Å². The fraction of sp³-hybridized carbons (Fsp3) is 0.120. The highest BCUT2D eigenvalue weighted by Gasteiger charge is 2.38. The van der Waals surface area contributed by atoms with E-state index in [-0.39, 0.29) is 5.56 Å². The molecule has 0 bridgehead atoms. The van der Waals surface area contributed by atoms with Crippen LogP contribution in [0.25, 0.3) is 22.0 Å². The van der Waals surface area contributed by atoms with E-state index in [1.807, 2.05) is 49.5 Å². The number of halogens is 2. The Morgan fingerprint density at radius 3 is 2.52 bits per heavy atom. The summed E-state index contributed by atoms with van der Waals surface area (Å²) in [7, 11) is 3.57. The molecular weight excluding hydrogens is 477 g/mol. The lowest BCUT2D eigenvalue weighted by atomic mass is 9.87. The van der Waals surface area contributed by atoms with Gasteiger partial charge in [-0.3, -0.25) is 4.79 Å². The van der Waals surface area contributed by atoms with Gasteiger partial charge in [0.25, 0.3) is 5.56 Å². The largest absolute Gasteiger partial charge is 0.374 e. The summed E-state index contributed by atoms with van der Waals surface area (Å²) in [5, 5.41) is 13.6. The van der Waals surface area contributed by atoms with Gasteiger partial charge in [-0.25, -0.2) is 4.98 Å². The Hall–Kier alpha value is -2.90. The lowest BCUT2D eigenvalue weighted by Crippen LogP contribution is -2.30. The van der Waals surface area contributed by atoms with Crippen molar-refractivity contribution in [2.24, 2.45) is 14.1 Å². The number of benzene rings is 2. The maximum atomic E-state index is 12.7. The van der Waals surface area contributed by atoms with Crippen LogP contribution in [0.2, 0.25) is 9.36 Å². The number of aromatic nitrogens is 3. The van der Waals surface area contributed by atoms with E-state index in [2.05, 4.69) is 4.98 Å². The van der Waals surface area contributed by atoms with E-state index in [0.717, 1.165) is 22.0 Å². The first-order valence-corrected chi connectivity index (χ1v) is 11.7. The molecule has 5 rings (SSSR count). The molecule has 0 spiro atoms. The van der Waals surface area contributed by atoms with Crippen LogP contribution in [0.4, 0.5) is 0 Å². The lowest BCUT2D eigenvalue weighted by molar-refractivity contribution is 0.121. The van der Waals surface area contributed by atoms with Crippen molar-refractivity contribution in [3.63, 3.8) is 0 Å². The molecular formula is C25H19Cl2N3O2S. The minimum Gasteiger partial charge on any atom is -0.374 e. The van der Waals surface area contributed by atoms with Crippen LogP contribution in [0.15, 0.2) is 78.0 Å². The van der Waals surface area contributed by atoms with E-state index in [0.29, 0.717) is 25.5 Å². The number of hydrogen-bond acceptors (Lipinski definition) is 4. The Morgan fingerprint density at radius 2 is 1.85 bits per heavy atom. The molecule has 0 aliphatic carbocycles. The molecule has 0 fully saturated rings. The number of thiophene rings is 1. The quantitative estimate of drug-likeness (QED) is 0.353. The van der Waals surface area contributed by atoms with Gasteiger partial charge in [-0.05, 0) is 53.1 Å². The van der Waals surface area contributed by atoms with Gasteiger partial charge in [0.05, 0.1) is 28.1 Å². The van der Waals surface area contributed by atoms with E-state index >= 15 is 0 Å². The van der Waals surface area contributed by atoms with Crippen molar-refractivity contribution < 1.29 is 5.11 Å². The predicted molar refractivity (Wildman–Crippen MR) is 134 cm³/mol. The van der Waals surface area contributed by atoms with E-state index in [1.165, 1.54) is 11.3 Å². The van der Waals surface area contributed by atoms with Crippen LogP contribution in [0.3, 0.4) is 0 Å². The molecule has 5 nitrogen and oxygen atoms in total. The van der Waals surface area contributed by atoms with Crippen LogP contribution in [0.1, 0.15) is 16.1 Å². The van der Waals surface area contributed by atoms with Crippen LogP contribution >= 0.6 is 34.5 Å². The van der Waals surface area contributed by atoms with Crippen molar-refractivity contribution in [3.05, 3.63) is 109 Å². The highest BCUT2D eigenvalue weighted by Crippen LogP contribution is 2.42. The number of aliphatic hydroxyl groups is 1. The third-order valence-electron chi connectivity index (χ3n) is 5.92. The van der Waals surface area contributed by atoms with Crippen molar-refractivity contribution in [1.29, 1.82) is 0 Å². The van der Waals surface area contributed by atoms with Crippen molar-refractivity contribution in [2.75, 3.05) is 0 Å². The fourth-order valence-corrected chi connectivity index (χ4v) is 5.57. The third-order valence-corrected chi connectivity index (χ3v) is 7.49. The zero-order chi connectivity index (χ0) is 23.3. The van der Waals surface area contributed by atoms with Crippen LogP contribution in [0, 0.1) is 0 Å². The van der Waals surface area contributed by atoms with Gasteiger partial charge in [0.2, 0.25) is 0 Å². The smallest absolute Gasteiger partial charge is 0.251 e. The summed E-state index contributed by atoms with van der Waals surface area (Å²) in [4.78, 5) is 17.6. The molecule has 0 saturated heterocycles. The van der Waals surface area contributed by atoms with Gasteiger partial charge < -0.3 is 14.2 Å². The fourth-order valence-electron chi connectivity index (χ4n) is 4.21. The standard InChI is InChI=1S/C25H19Cl2N3O2S/c1-29-14-28-13-21(29)25(32,22-8-9-23(27)33-22)16-6-7-20-19(11-16)18(12-24(31)30(20)2)15-4-3-5-17(26)10-15/h3-14,32H,1-2H3. The molecule has 1 atom stereocenters. The van der Waals surface area contributed by atoms with Gasteiger partial charge in [0.15, 0.2) is 5.60 Å². The molecule has 0 radical (unpaired) electrons. The van der Waals surface area contributed by atoms with Crippen LogP contribution in [-0.4, -0.2) is 19.2 Å². The first kappa shape index (κ1) is 21.9. The normalized spacial score (nSPS) is 13.4. The number of fused-ring (bicyclic) bond motifs is 1. The van der Waals surface area contributed by atoms with Gasteiger partial charge >= 0.3 is 0 Å². The number of nitrogens with zero attached hydrogens (tertiary/aromatic N) is 3. The maximum Gasteiger partial charge on any atom is 0.251 e. The Morgan fingerprint density at radius 1 is 1.03 bits per heavy atom. The van der Waals surface area contributed by atoms with Crippen molar-refractivity contribution in [2.45, 2.75) is 5.60 Å². The van der Waals surface area contributed by atoms with Gasteiger partial charge in [0.1, 0.15) is 0 Å². The number of pyridine rings is 1. The average molecular weight is 496 g/mol. The molecule has 33 heavy (non-hydrogen) atoms. The Balaban J connectivity index is 1.84. The monoisotopic (exact) mass is 495 g/mol. The summed E-state index contributed by atoms with van der Waals surface area (Å²) >= 11 is 13.8. The first-order chi connectivity index (χ1) is 15.8. The molecule has 5 aromatic rings. The topological polar surface area (TPSA) is 60.0 Å². The van der Waals surface area contributed by atoms with Crippen LogP contribution < -0.4 is 5.56 Å². The van der Waals surface area contributed by atoms with E-state index in [4.69, 9.17) is 23.2 Å². The van der Waals surface area contributed by atoms with Crippen molar-refractivity contribution >= 4 is 45.4 Å². The average Bonchev–Trinajstić information content (AvgIpc) is 3.44. The first-order valence-electron chi connectivity index (χ1n) is 10.1. The zero-order valence-corrected chi connectivity index (χ0v) is 20.1. The summed E-state index contributed by atoms with van der Waals surface area (Å²) in [5.41, 5.74) is 1.94. The minimum absolute atomic E-state index is 0.128. The molecule has 1 unspecified atom stereocenters. The zero-order valence-electron chi connectivity index (χ0n) is 17.8. The van der Waals surface area contributed by atoms with Gasteiger partial charge in [-0.15, -0.1) is 11.3 Å². The molecule has 3 heterocycles. The predicted octanol–water partition coefficient (Wildman–Crippen LogP) is 5.59. The summed E-state index contributed by atoms with van der Waals surface area (Å²) in [6, 6.07) is 18.2. The van der Waals surface area contributed by atoms with E-state index in [9.17, 15) is 9.90 Å². The van der Waals surface area contributed by atoms with Gasteiger partial charge in [0, 0.05) is 35.4 Å². The number of aryl methyl sites for hydroxylation is 2. The highest BCUT2D eigenvalue weighted by atomic mass is 35.5. The van der Waals surface area contributed by atoms with Gasteiger partial charge in [-0.1, -0.05) is 41.4 Å². The second-order valence-corrected chi connectivity index (χ2v) is 10.1. The van der Waals surface area contributed by atoms with Crippen molar-refractivity contribution in [1.82, 2.24) is 14.1 Å². The molecule has 8 heteroatoms. The molecule has 0 amide bonds. The summed E-state index contributed by atoms with van der Waals surface area (Å²) in [5.74, 6) is 0. The molecule has 2 aromatic carbocycles. The van der Waals surface area contributed by atoms with Crippen molar-refractivity contribution in [3.8, 4) is 11.1 Å². The molecule has 0 saturated carbocycles. The number of rotatable bonds is 4. The van der Waals surface area contributed by atoms with E-state index in [1.54, 1.807) is 46.9 Å². The van der Waals surface area contributed by atoms with Crippen LogP contribution in [0.5, 0.6) is 0 Å². The molecule has 166 valence electrons. The Bertz CT molecular complexity index is 1570. The summed E-state index contributed by atoms with van der Waals surface area (Å²) in [6.45, 7) is 0. The number of imidazole rings is 1. The molecule has 0 aliphatic heterocycles. The second kappa shape index (κ2) is 8.15. The second-order valence-electron chi connectivity index (χ2n) is 7.90. The molecule has 0 aliphatic rings. The number of hydrogen-bond donors (Lipinski definition) is 1. The minimum atomic E-state index is -1.49. The summed E-state index contributed by atoms with van der Waals surface area (Å²) < 4.78 is 3.96. The van der Waals surface area contributed by atoms with Gasteiger partial charge in [-0.2, -0.15) is 0 Å².